The maximum absolute atomic E-state index is 10.6. The van der Waals surface area contributed by atoms with E-state index in [0.29, 0.717) is 13.2 Å². The fourth-order valence-electron chi connectivity index (χ4n) is 1.54. The summed E-state index contributed by atoms with van der Waals surface area (Å²) < 4.78 is 5.51. The van der Waals surface area contributed by atoms with E-state index >= 15 is 0 Å². The second kappa shape index (κ2) is 7.85. The number of ether oxygens (including phenoxy) is 1. The molecule has 0 fully saturated rings. The molecule has 1 rings (SSSR count). The van der Waals surface area contributed by atoms with E-state index in [4.69, 9.17) is 9.84 Å². The second-order valence-electron chi connectivity index (χ2n) is 4.27. The van der Waals surface area contributed by atoms with Gasteiger partial charge in [0.25, 0.3) is 0 Å². The Morgan fingerprint density at radius 2 is 2.00 bits per heavy atom. The van der Waals surface area contributed by atoms with Gasteiger partial charge in [0.1, 0.15) is 0 Å². The third kappa shape index (κ3) is 6.07. The molecule has 0 bridgehead atoms. The van der Waals surface area contributed by atoms with Crippen LogP contribution in [0.2, 0.25) is 0 Å². The van der Waals surface area contributed by atoms with Gasteiger partial charge in [-0.1, -0.05) is 43.7 Å². The normalized spacial score (nSPS) is 12.3. The van der Waals surface area contributed by atoms with Crippen LogP contribution in [0, 0.1) is 5.92 Å². The van der Waals surface area contributed by atoms with Crippen LogP contribution in [0.1, 0.15) is 31.7 Å². The maximum Gasteiger partial charge on any atom is 0.306 e. The first-order chi connectivity index (χ1) is 8.20. The Labute approximate surface area is 102 Å². The summed E-state index contributed by atoms with van der Waals surface area (Å²) in [6.07, 6.45) is 2.55. The Kier molecular flexibility index (Phi) is 6.33. The topological polar surface area (TPSA) is 46.5 Å². The average Bonchev–Trinajstić information content (AvgIpc) is 2.34. The lowest BCUT2D eigenvalue weighted by molar-refractivity contribution is -0.141. The molecule has 1 aromatic rings. The maximum atomic E-state index is 10.6. The van der Waals surface area contributed by atoms with Crippen LogP contribution in [0.4, 0.5) is 0 Å². The van der Waals surface area contributed by atoms with Crippen LogP contribution in [0.3, 0.4) is 0 Å². The van der Waals surface area contributed by atoms with Crippen LogP contribution >= 0.6 is 0 Å². The van der Waals surface area contributed by atoms with Crippen LogP contribution in [-0.2, 0) is 16.1 Å². The minimum absolute atomic E-state index is 0.246. The smallest absolute Gasteiger partial charge is 0.306 e. The first-order valence-electron chi connectivity index (χ1n) is 6.04. The monoisotopic (exact) mass is 236 g/mol. The van der Waals surface area contributed by atoms with Gasteiger partial charge in [-0.3, -0.25) is 4.79 Å². The molecule has 94 valence electrons. The molecular formula is C14H20O3. The summed E-state index contributed by atoms with van der Waals surface area (Å²) in [6.45, 7) is 3.07. The first-order valence-corrected chi connectivity index (χ1v) is 6.04. The van der Waals surface area contributed by atoms with E-state index in [-0.39, 0.29) is 5.92 Å². The third-order valence-electron chi connectivity index (χ3n) is 2.71. The molecule has 0 amide bonds. The summed E-state index contributed by atoms with van der Waals surface area (Å²) in [5, 5.41) is 8.70. The zero-order valence-electron chi connectivity index (χ0n) is 10.3. The van der Waals surface area contributed by atoms with Crippen molar-refractivity contribution in [2.24, 2.45) is 5.92 Å². The van der Waals surface area contributed by atoms with Crippen LogP contribution in [0.5, 0.6) is 0 Å². The summed E-state index contributed by atoms with van der Waals surface area (Å²) in [5.74, 6) is -0.959. The van der Waals surface area contributed by atoms with Crippen LogP contribution in [0.15, 0.2) is 30.3 Å². The van der Waals surface area contributed by atoms with Crippen molar-refractivity contribution in [2.75, 3.05) is 6.61 Å². The van der Waals surface area contributed by atoms with E-state index < -0.39 is 5.97 Å². The number of hydrogen-bond donors (Lipinski definition) is 1. The SMILES string of the molecule is C[C@@H](CCCCOCc1ccccc1)C(=O)O. The molecule has 0 aliphatic carbocycles. The predicted octanol–water partition coefficient (Wildman–Crippen LogP) is 3.09. The summed E-state index contributed by atoms with van der Waals surface area (Å²) in [6, 6.07) is 10.0. The fourth-order valence-corrected chi connectivity index (χ4v) is 1.54. The molecule has 0 heterocycles. The molecule has 0 spiro atoms. The van der Waals surface area contributed by atoms with E-state index in [1.807, 2.05) is 30.3 Å². The number of carboxylic acid groups (broad SMARTS) is 1. The van der Waals surface area contributed by atoms with Crippen molar-refractivity contribution in [3.05, 3.63) is 35.9 Å². The zero-order chi connectivity index (χ0) is 12.5. The molecule has 0 saturated carbocycles. The Bertz CT molecular complexity index is 321. The molecule has 1 N–H and O–H groups in total. The molecule has 0 radical (unpaired) electrons. The molecule has 1 atom stereocenters. The molecule has 17 heavy (non-hydrogen) atoms. The molecule has 0 saturated heterocycles. The van der Waals surface area contributed by atoms with Crippen LogP contribution in [-0.4, -0.2) is 17.7 Å². The highest BCUT2D eigenvalue weighted by molar-refractivity contribution is 5.69. The lowest BCUT2D eigenvalue weighted by Gasteiger charge is -2.06. The zero-order valence-corrected chi connectivity index (χ0v) is 10.3. The molecule has 3 heteroatoms. The van der Waals surface area contributed by atoms with E-state index in [1.165, 1.54) is 5.56 Å². The lowest BCUT2D eigenvalue weighted by Crippen LogP contribution is -2.09. The Morgan fingerprint density at radius 3 is 2.65 bits per heavy atom. The van der Waals surface area contributed by atoms with Crippen molar-refractivity contribution in [3.63, 3.8) is 0 Å². The Balaban J connectivity index is 2.00. The van der Waals surface area contributed by atoms with Gasteiger partial charge in [-0.15, -0.1) is 0 Å². The molecule has 0 aromatic heterocycles. The molecule has 0 aliphatic rings. The third-order valence-corrected chi connectivity index (χ3v) is 2.71. The van der Waals surface area contributed by atoms with Crippen LogP contribution in [0.25, 0.3) is 0 Å². The minimum Gasteiger partial charge on any atom is -0.481 e. The number of aliphatic carboxylic acids is 1. The van der Waals surface area contributed by atoms with Gasteiger partial charge in [-0.05, 0) is 18.4 Å². The summed E-state index contributed by atoms with van der Waals surface area (Å²) in [5.41, 5.74) is 1.17. The summed E-state index contributed by atoms with van der Waals surface area (Å²) >= 11 is 0. The highest BCUT2D eigenvalue weighted by atomic mass is 16.5. The number of rotatable bonds is 8. The van der Waals surface area contributed by atoms with Crippen molar-refractivity contribution in [3.8, 4) is 0 Å². The quantitative estimate of drug-likeness (QED) is 0.705. The van der Waals surface area contributed by atoms with Gasteiger partial charge in [0.15, 0.2) is 0 Å². The first kappa shape index (κ1) is 13.7. The highest BCUT2D eigenvalue weighted by Crippen LogP contribution is 2.08. The van der Waals surface area contributed by atoms with Gasteiger partial charge in [0.05, 0.1) is 12.5 Å². The molecule has 1 aromatic carbocycles. The van der Waals surface area contributed by atoms with E-state index in [0.717, 1.165) is 19.3 Å². The van der Waals surface area contributed by atoms with E-state index in [1.54, 1.807) is 6.92 Å². The Morgan fingerprint density at radius 1 is 1.29 bits per heavy atom. The minimum atomic E-state index is -0.713. The largest absolute Gasteiger partial charge is 0.481 e. The lowest BCUT2D eigenvalue weighted by atomic mass is 10.1. The molecule has 3 nitrogen and oxygen atoms in total. The summed E-state index contributed by atoms with van der Waals surface area (Å²) in [4.78, 5) is 10.6. The van der Waals surface area contributed by atoms with Gasteiger partial charge in [-0.2, -0.15) is 0 Å². The fraction of sp³-hybridized carbons (Fsp3) is 0.500. The second-order valence-corrected chi connectivity index (χ2v) is 4.27. The number of hydrogen-bond acceptors (Lipinski definition) is 2. The molecular weight excluding hydrogens is 216 g/mol. The van der Waals surface area contributed by atoms with Crippen LogP contribution < -0.4 is 0 Å². The van der Waals surface area contributed by atoms with E-state index in [2.05, 4.69) is 0 Å². The summed E-state index contributed by atoms with van der Waals surface area (Å²) in [7, 11) is 0. The highest BCUT2D eigenvalue weighted by Gasteiger charge is 2.09. The number of benzene rings is 1. The Hall–Kier alpha value is -1.35. The van der Waals surface area contributed by atoms with Crippen molar-refractivity contribution >= 4 is 5.97 Å². The number of unbranched alkanes of at least 4 members (excludes halogenated alkanes) is 1. The van der Waals surface area contributed by atoms with Gasteiger partial charge in [-0.25, -0.2) is 0 Å². The number of carbonyl (C=O) groups is 1. The standard InChI is InChI=1S/C14H20O3/c1-12(14(15)16)7-5-6-10-17-11-13-8-3-2-4-9-13/h2-4,8-9,12H,5-7,10-11H2,1H3,(H,15,16)/t12-/m0/s1. The van der Waals surface area contributed by atoms with Crippen molar-refractivity contribution in [1.29, 1.82) is 0 Å². The predicted molar refractivity (Wildman–Crippen MR) is 66.7 cm³/mol. The molecule has 0 aliphatic heterocycles. The average molecular weight is 236 g/mol. The van der Waals surface area contributed by atoms with Gasteiger partial charge < -0.3 is 9.84 Å². The van der Waals surface area contributed by atoms with Gasteiger partial charge >= 0.3 is 5.97 Å². The number of carboxylic acids is 1. The van der Waals surface area contributed by atoms with Crippen molar-refractivity contribution in [1.82, 2.24) is 0 Å². The molecule has 0 unspecified atom stereocenters. The van der Waals surface area contributed by atoms with Gasteiger partial charge in [0, 0.05) is 6.61 Å². The van der Waals surface area contributed by atoms with Crippen molar-refractivity contribution in [2.45, 2.75) is 32.8 Å². The van der Waals surface area contributed by atoms with E-state index in [9.17, 15) is 4.79 Å². The van der Waals surface area contributed by atoms with Crippen molar-refractivity contribution < 1.29 is 14.6 Å². The van der Waals surface area contributed by atoms with Gasteiger partial charge in [0.2, 0.25) is 0 Å².